The van der Waals surface area contributed by atoms with E-state index in [1.165, 1.54) is 20.1 Å². The highest BCUT2D eigenvalue weighted by Gasteiger charge is 2.29. The first kappa shape index (κ1) is 20.4. The zero-order chi connectivity index (χ0) is 20.2. The third kappa shape index (κ3) is 4.85. The van der Waals surface area contributed by atoms with Crippen LogP contribution in [-0.2, 0) is 19.6 Å². The Bertz CT molecular complexity index is 942. The molecule has 1 atom stereocenters. The van der Waals surface area contributed by atoms with Crippen LogP contribution < -0.4 is 9.62 Å². The number of para-hydroxylation sites is 1. The number of hydrogen-bond acceptors (Lipinski definition) is 5. The van der Waals surface area contributed by atoms with E-state index < -0.39 is 27.9 Å². The Hall–Kier alpha value is -2.87. The smallest absolute Gasteiger partial charge is 0.337 e. The second-order valence-electron chi connectivity index (χ2n) is 6.08. The maximum absolute atomic E-state index is 12.7. The molecular formula is C19H22N2O5S. The number of carbonyl (C=O) groups excluding carboxylic acids is 2. The number of carbonyl (C=O) groups is 2. The number of esters is 1. The van der Waals surface area contributed by atoms with Crippen LogP contribution >= 0.6 is 0 Å². The van der Waals surface area contributed by atoms with Crippen LogP contribution in [0.5, 0.6) is 0 Å². The quantitative estimate of drug-likeness (QED) is 0.765. The van der Waals surface area contributed by atoms with E-state index in [1.54, 1.807) is 49.4 Å². The highest BCUT2D eigenvalue weighted by Crippen LogP contribution is 2.22. The SMILES string of the molecule is COC(=O)c1ccc(C)c(NC(=O)[C@@H](C)N(c2ccccc2)S(C)(=O)=O)c1. The number of nitrogens with one attached hydrogen (secondary N) is 1. The third-order valence-corrected chi connectivity index (χ3v) is 5.26. The molecule has 0 aliphatic heterocycles. The van der Waals surface area contributed by atoms with Gasteiger partial charge in [-0.15, -0.1) is 0 Å². The summed E-state index contributed by atoms with van der Waals surface area (Å²) in [6.45, 7) is 3.27. The summed E-state index contributed by atoms with van der Waals surface area (Å²) in [4.78, 5) is 24.4. The van der Waals surface area contributed by atoms with E-state index in [-0.39, 0.29) is 5.56 Å². The fourth-order valence-electron chi connectivity index (χ4n) is 2.62. The van der Waals surface area contributed by atoms with Crippen LogP contribution in [0.25, 0.3) is 0 Å². The minimum absolute atomic E-state index is 0.286. The van der Waals surface area contributed by atoms with Crippen LogP contribution in [0.4, 0.5) is 11.4 Å². The lowest BCUT2D eigenvalue weighted by atomic mass is 10.1. The van der Waals surface area contributed by atoms with Crippen molar-refractivity contribution >= 4 is 33.3 Å². The van der Waals surface area contributed by atoms with Gasteiger partial charge in [0.1, 0.15) is 6.04 Å². The molecule has 0 radical (unpaired) electrons. The molecule has 0 saturated carbocycles. The predicted octanol–water partition coefficient (Wildman–Crippen LogP) is 2.57. The standard InChI is InChI=1S/C19H22N2O5S/c1-13-10-11-15(19(23)26-3)12-17(13)20-18(22)14(2)21(27(4,24)25)16-8-6-5-7-9-16/h5-12,14H,1-4H3,(H,20,22)/t14-/m1/s1. The summed E-state index contributed by atoms with van der Waals surface area (Å²) < 4.78 is 30.3. The van der Waals surface area contributed by atoms with Crippen molar-refractivity contribution in [2.24, 2.45) is 0 Å². The Morgan fingerprint density at radius 2 is 1.74 bits per heavy atom. The van der Waals surface area contributed by atoms with Crippen molar-refractivity contribution in [3.05, 3.63) is 59.7 Å². The summed E-state index contributed by atoms with van der Waals surface area (Å²) in [6.07, 6.45) is 1.05. The number of rotatable bonds is 6. The van der Waals surface area contributed by atoms with E-state index in [0.717, 1.165) is 16.1 Å². The molecule has 1 N–H and O–H groups in total. The van der Waals surface area contributed by atoms with Gasteiger partial charge in [0.25, 0.3) is 0 Å². The van der Waals surface area contributed by atoms with Crippen molar-refractivity contribution < 1.29 is 22.7 Å². The lowest BCUT2D eigenvalue weighted by Crippen LogP contribution is -2.45. The molecule has 8 heteroatoms. The molecule has 0 aromatic heterocycles. The molecule has 7 nitrogen and oxygen atoms in total. The van der Waals surface area contributed by atoms with E-state index in [0.29, 0.717) is 11.4 Å². The van der Waals surface area contributed by atoms with Gasteiger partial charge in [0.2, 0.25) is 15.9 Å². The summed E-state index contributed by atoms with van der Waals surface area (Å²) in [5, 5.41) is 2.70. The van der Waals surface area contributed by atoms with E-state index in [9.17, 15) is 18.0 Å². The molecule has 0 spiro atoms. The Labute approximate surface area is 159 Å². The van der Waals surface area contributed by atoms with Crippen LogP contribution in [0.2, 0.25) is 0 Å². The summed E-state index contributed by atoms with van der Waals surface area (Å²) in [5.41, 5.74) is 1.82. The summed E-state index contributed by atoms with van der Waals surface area (Å²) in [7, 11) is -2.42. The van der Waals surface area contributed by atoms with Gasteiger partial charge in [0.05, 0.1) is 24.6 Å². The van der Waals surface area contributed by atoms with Gasteiger partial charge >= 0.3 is 5.97 Å². The average molecular weight is 390 g/mol. The number of methoxy groups -OCH3 is 1. The number of benzene rings is 2. The van der Waals surface area contributed by atoms with Crippen molar-refractivity contribution in [3.63, 3.8) is 0 Å². The van der Waals surface area contributed by atoms with Gasteiger partial charge in [0.15, 0.2) is 0 Å². The first-order valence-corrected chi connectivity index (χ1v) is 10.0. The van der Waals surface area contributed by atoms with Crippen LogP contribution in [0, 0.1) is 6.92 Å². The topological polar surface area (TPSA) is 92.8 Å². The van der Waals surface area contributed by atoms with Crippen molar-refractivity contribution in [2.75, 3.05) is 23.0 Å². The molecule has 0 bridgehead atoms. The van der Waals surface area contributed by atoms with Gasteiger partial charge < -0.3 is 10.1 Å². The molecule has 27 heavy (non-hydrogen) atoms. The number of sulfonamides is 1. The monoisotopic (exact) mass is 390 g/mol. The highest BCUT2D eigenvalue weighted by molar-refractivity contribution is 7.92. The number of nitrogens with zero attached hydrogens (tertiary/aromatic N) is 1. The zero-order valence-corrected chi connectivity index (χ0v) is 16.4. The lowest BCUT2D eigenvalue weighted by Gasteiger charge is -2.28. The molecule has 0 unspecified atom stereocenters. The number of amides is 1. The Morgan fingerprint density at radius 1 is 1.11 bits per heavy atom. The van der Waals surface area contributed by atoms with Gasteiger partial charge in [-0.3, -0.25) is 9.10 Å². The molecule has 144 valence electrons. The van der Waals surface area contributed by atoms with Crippen LogP contribution in [-0.4, -0.2) is 39.7 Å². The van der Waals surface area contributed by atoms with E-state index in [2.05, 4.69) is 10.1 Å². The normalized spacial score (nSPS) is 12.1. The largest absolute Gasteiger partial charge is 0.465 e. The Morgan fingerprint density at radius 3 is 2.30 bits per heavy atom. The van der Waals surface area contributed by atoms with Crippen molar-refractivity contribution in [3.8, 4) is 0 Å². The molecule has 2 aromatic rings. The predicted molar refractivity (Wildman–Crippen MR) is 104 cm³/mol. The average Bonchev–Trinajstić information content (AvgIpc) is 2.62. The van der Waals surface area contributed by atoms with Gasteiger partial charge in [-0.2, -0.15) is 0 Å². The van der Waals surface area contributed by atoms with Crippen LogP contribution in [0.3, 0.4) is 0 Å². The van der Waals surface area contributed by atoms with Crippen molar-refractivity contribution in [1.82, 2.24) is 0 Å². The van der Waals surface area contributed by atoms with Gasteiger partial charge in [-0.25, -0.2) is 13.2 Å². The number of anilines is 2. The zero-order valence-electron chi connectivity index (χ0n) is 15.6. The maximum Gasteiger partial charge on any atom is 0.337 e. The fourth-order valence-corrected chi connectivity index (χ4v) is 3.80. The molecule has 2 rings (SSSR count). The van der Waals surface area contributed by atoms with Crippen LogP contribution in [0.15, 0.2) is 48.5 Å². The highest BCUT2D eigenvalue weighted by atomic mass is 32.2. The van der Waals surface area contributed by atoms with E-state index >= 15 is 0 Å². The molecule has 0 aliphatic carbocycles. The van der Waals surface area contributed by atoms with Crippen molar-refractivity contribution in [1.29, 1.82) is 0 Å². The Kier molecular flexibility index (Phi) is 6.22. The summed E-state index contributed by atoms with van der Waals surface area (Å²) in [6, 6.07) is 12.2. The van der Waals surface area contributed by atoms with Gasteiger partial charge in [-0.05, 0) is 43.7 Å². The molecule has 0 aliphatic rings. The maximum atomic E-state index is 12.7. The summed E-state index contributed by atoms with van der Waals surface area (Å²) in [5.74, 6) is -1.05. The molecule has 1 amide bonds. The molecule has 2 aromatic carbocycles. The minimum atomic E-state index is -3.69. The van der Waals surface area contributed by atoms with E-state index in [4.69, 9.17) is 0 Å². The number of hydrogen-bond donors (Lipinski definition) is 1. The Balaban J connectivity index is 2.32. The molecule has 0 heterocycles. The van der Waals surface area contributed by atoms with E-state index in [1.807, 2.05) is 0 Å². The fraction of sp³-hybridized carbons (Fsp3) is 0.263. The van der Waals surface area contributed by atoms with Gasteiger partial charge in [0, 0.05) is 5.69 Å². The summed E-state index contributed by atoms with van der Waals surface area (Å²) >= 11 is 0. The van der Waals surface area contributed by atoms with Gasteiger partial charge in [-0.1, -0.05) is 24.3 Å². The lowest BCUT2D eigenvalue weighted by molar-refractivity contribution is -0.116. The molecular weight excluding hydrogens is 368 g/mol. The minimum Gasteiger partial charge on any atom is -0.465 e. The first-order valence-electron chi connectivity index (χ1n) is 8.19. The second-order valence-corrected chi connectivity index (χ2v) is 7.94. The number of aryl methyl sites for hydroxylation is 1. The number of ether oxygens (including phenoxy) is 1. The van der Waals surface area contributed by atoms with Crippen molar-refractivity contribution in [2.45, 2.75) is 19.9 Å². The van der Waals surface area contributed by atoms with Crippen LogP contribution in [0.1, 0.15) is 22.8 Å². The third-order valence-electron chi connectivity index (χ3n) is 4.02. The molecule has 0 fully saturated rings. The first-order chi connectivity index (χ1) is 12.6. The molecule has 0 saturated heterocycles. The second kappa shape index (κ2) is 8.22.